The number of carbonyl (C=O) groups is 1. The van der Waals surface area contributed by atoms with Crippen LogP contribution in [0.5, 0.6) is 0 Å². The van der Waals surface area contributed by atoms with E-state index >= 15 is 0 Å². The zero-order valence-corrected chi connectivity index (χ0v) is 10.7. The zero-order chi connectivity index (χ0) is 12.1. The summed E-state index contributed by atoms with van der Waals surface area (Å²) < 4.78 is 0. The Hall–Kier alpha value is -0.610. The van der Waals surface area contributed by atoms with Crippen molar-refractivity contribution in [3.63, 3.8) is 0 Å². The predicted octanol–water partition coefficient (Wildman–Crippen LogP) is 0.812. The molecule has 2 rings (SSSR count). The van der Waals surface area contributed by atoms with Crippen molar-refractivity contribution in [2.24, 2.45) is 5.73 Å². The molecule has 4 heteroatoms. The number of hydrogen-bond acceptors (Lipinski definition) is 3. The van der Waals surface area contributed by atoms with Crippen LogP contribution < -0.4 is 5.73 Å². The van der Waals surface area contributed by atoms with Gasteiger partial charge in [0.2, 0.25) is 5.91 Å². The van der Waals surface area contributed by atoms with Gasteiger partial charge in [-0.25, -0.2) is 0 Å². The molecule has 0 radical (unpaired) electrons. The van der Waals surface area contributed by atoms with Gasteiger partial charge in [-0.05, 0) is 25.7 Å². The summed E-state index contributed by atoms with van der Waals surface area (Å²) in [6, 6.07) is 0.602. The molecule has 2 aliphatic rings. The van der Waals surface area contributed by atoms with Crippen molar-refractivity contribution < 1.29 is 4.79 Å². The van der Waals surface area contributed by atoms with E-state index in [1.165, 1.54) is 38.5 Å². The van der Waals surface area contributed by atoms with E-state index in [9.17, 15) is 4.79 Å². The van der Waals surface area contributed by atoms with E-state index in [0.717, 1.165) is 19.6 Å². The molecule has 98 valence electrons. The highest BCUT2D eigenvalue weighted by molar-refractivity contribution is 5.78. The average molecular weight is 239 g/mol. The Morgan fingerprint density at radius 2 is 1.82 bits per heavy atom. The largest absolute Gasteiger partial charge is 0.342 e. The summed E-state index contributed by atoms with van der Waals surface area (Å²) in [5.74, 6) is 0.308. The number of carbonyl (C=O) groups excluding carboxylic acids is 1. The maximum absolute atomic E-state index is 12.1. The smallest absolute Gasteiger partial charge is 0.236 e. The number of rotatable bonds is 5. The second-order valence-electron chi connectivity index (χ2n) is 5.29. The second-order valence-corrected chi connectivity index (χ2v) is 5.29. The molecule has 1 aliphatic carbocycles. The van der Waals surface area contributed by atoms with Crippen molar-refractivity contribution >= 4 is 5.91 Å². The summed E-state index contributed by atoms with van der Waals surface area (Å²) in [5, 5.41) is 0. The molecule has 0 aromatic carbocycles. The van der Waals surface area contributed by atoms with Crippen LogP contribution in [0.15, 0.2) is 0 Å². The third-order valence-electron chi connectivity index (χ3n) is 4.05. The summed E-state index contributed by atoms with van der Waals surface area (Å²) in [6.07, 6.45) is 7.45. The van der Waals surface area contributed by atoms with Crippen LogP contribution in [-0.2, 0) is 4.79 Å². The molecule has 0 atom stereocenters. The summed E-state index contributed by atoms with van der Waals surface area (Å²) in [5.41, 5.74) is 5.66. The number of amides is 1. The number of nitrogens with zero attached hydrogens (tertiary/aromatic N) is 2. The van der Waals surface area contributed by atoms with E-state index in [2.05, 4.69) is 4.90 Å². The first kappa shape index (κ1) is 12.8. The van der Waals surface area contributed by atoms with Crippen LogP contribution in [0.4, 0.5) is 0 Å². The number of likely N-dealkylation sites (tertiary alicyclic amines) is 1. The topological polar surface area (TPSA) is 49.6 Å². The van der Waals surface area contributed by atoms with Crippen molar-refractivity contribution in [3.05, 3.63) is 0 Å². The van der Waals surface area contributed by atoms with E-state index in [1.807, 2.05) is 4.90 Å². The van der Waals surface area contributed by atoms with E-state index in [1.54, 1.807) is 0 Å². The number of nitrogens with two attached hydrogens (primary N) is 1. The quantitative estimate of drug-likeness (QED) is 0.772. The second kappa shape index (κ2) is 6.36. The monoisotopic (exact) mass is 239 g/mol. The fraction of sp³-hybridized carbons (Fsp3) is 0.923. The van der Waals surface area contributed by atoms with Crippen LogP contribution in [0, 0.1) is 0 Å². The molecule has 0 aromatic heterocycles. The van der Waals surface area contributed by atoms with Crippen LogP contribution >= 0.6 is 0 Å². The average Bonchev–Trinajstić information content (AvgIpc) is 3.01. The molecule has 2 N–H and O–H groups in total. The molecule has 1 saturated heterocycles. The number of hydrogen-bond donors (Lipinski definition) is 1. The minimum absolute atomic E-state index is 0.308. The molecule has 4 nitrogen and oxygen atoms in total. The van der Waals surface area contributed by atoms with Gasteiger partial charge < -0.3 is 10.6 Å². The molecule has 17 heavy (non-hydrogen) atoms. The lowest BCUT2D eigenvalue weighted by Crippen LogP contribution is -2.45. The third-order valence-corrected chi connectivity index (χ3v) is 4.05. The van der Waals surface area contributed by atoms with Crippen molar-refractivity contribution in [2.75, 3.05) is 32.7 Å². The Labute approximate surface area is 104 Å². The third kappa shape index (κ3) is 3.42. The van der Waals surface area contributed by atoms with Crippen LogP contribution in [0.2, 0.25) is 0 Å². The SMILES string of the molecule is NCCN(CC(=O)N1CCCC1)C1CCCC1. The van der Waals surface area contributed by atoms with Crippen molar-refractivity contribution in [2.45, 2.75) is 44.6 Å². The minimum atomic E-state index is 0.308. The molecule has 1 heterocycles. The van der Waals surface area contributed by atoms with Gasteiger partial charge in [-0.15, -0.1) is 0 Å². The lowest BCUT2D eigenvalue weighted by molar-refractivity contribution is -0.131. The van der Waals surface area contributed by atoms with Crippen LogP contribution in [0.3, 0.4) is 0 Å². The molecular weight excluding hydrogens is 214 g/mol. The highest BCUT2D eigenvalue weighted by atomic mass is 16.2. The highest BCUT2D eigenvalue weighted by Gasteiger charge is 2.26. The molecule has 0 aromatic rings. The van der Waals surface area contributed by atoms with E-state index < -0.39 is 0 Å². The first-order valence-corrected chi connectivity index (χ1v) is 7.03. The lowest BCUT2D eigenvalue weighted by Gasteiger charge is -2.29. The van der Waals surface area contributed by atoms with Gasteiger partial charge >= 0.3 is 0 Å². The Balaban J connectivity index is 1.84. The van der Waals surface area contributed by atoms with Crippen molar-refractivity contribution in [3.8, 4) is 0 Å². The van der Waals surface area contributed by atoms with Crippen molar-refractivity contribution in [1.82, 2.24) is 9.80 Å². The van der Waals surface area contributed by atoms with E-state index in [0.29, 0.717) is 25.0 Å². The van der Waals surface area contributed by atoms with Gasteiger partial charge in [0.1, 0.15) is 0 Å². The molecule has 0 spiro atoms. The van der Waals surface area contributed by atoms with E-state index in [4.69, 9.17) is 5.73 Å². The molecule has 0 bridgehead atoms. The molecule has 0 unspecified atom stereocenters. The summed E-state index contributed by atoms with van der Waals surface area (Å²) >= 11 is 0. The molecule has 2 fully saturated rings. The van der Waals surface area contributed by atoms with Gasteiger partial charge in [0.15, 0.2) is 0 Å². The van der Waals surface area contributed by atoms with Gasteiger partial charge in [0.05, 0.1) is 6.54 Å². The standard InChI is InChI=1S/C13H25N3O/c14-7-10-16(12-5-1-2-6-12)11-13(17)15-8-3-4-9-15/h12H,1-11,14H2. The van der Waals surface area contributed by atoms with Crippen LogP contribution in [0.25, 0.3) is 0 Å². The maximum Gasteiger partial charge on any atom is 0.236 e. The van der Waals surface area contributed by atoms with Gasteiger partial charge in [-0.1, -0.05) is 12.8 Å². The Bertz CT molecular complexity index is 245. The normalized spacial score (nSPS) is 21.6. The minimum Gasteiger partial charge on any atom is -0.342 e. The molecule has 1 saturated carbocycles. The first-order valence-electron chi connectivity index (χ1n) is 7.03. The molecule has 1 aliphatic heterocycles. The summed E-state index contributed by atoms with van der Waals surface area (Å²) in [7, 11) is 0. The Morgan fingerprint density at radius 3 is 2.41 bits per heavy atom. The Kier molecular flexibility index (Phi) is 4.80. The van der Waals surface area contributed by atoms with Crippen LogP contribution in [0.1, 0.15) is 38.5 Å². The van der Waals surface area contributed by atoms with Gasteiger partial charge in [-0.3, -0.25) is 9.69 Å². The summed E-state index contributed by atoms with van der Waals surface area (Å²) in [6.45, 7) is 4.02. The fourth-order valence-electron chi connectivity index (χ4n) is 3.07. The lowest BCUT2D eigenvalue weighted by atomic mass is 10.2. The van der Waals surface area contributed by atoms with Gasteiger partial charge in [0, 0.05) is 32.2 Å². The molecule has 1 amide bonds. The Morgan fingerprint density at radius 1 is 1.18 bits per heavy atom. The van der Waals surface area contributed by atoms with Crippen molar-refractivity contribution in [1.29, 1.82) is 0 Å². The van der Waals surface area contributed by atoms with Gasteiger partial charge in [0.25, 0.3) is 0 Å². The van der Waals surface area contributed by atoms with Gasteiger partial charge in [-0.2, -0.15) is 0 Å². The first-order chi connectivity index (χ1) is 8.31. The molecular formula is C13H25N3O. The fourth-order valence-corrected chi connectivity index (χ4v) is 3.07. The maximum atomic E-state index is 12.1. The predicted molar refractivity (Wildman–Crippen MR) is 68.7 cm³/mol. The van der Waals surface area contributed by atoms with E-state index in [-0.39, 0.29) is 0 Å². The zero-order valence-electron chi connectivity index (χ0n) is 10.7. The highest BCUT2D eigenvalue weighted by Crippen LogP contribution is 2.23. The van der Waals surface area contributed by atoms with Crippen LogP contribution in [-0.4, -0.2) is 54.5 Å². The summed E-state index contributed by atoms with van der Waals surface area (Å²) in [4.78, 5) is 16.5.